The fourth-order valence-electron chi connectivity index (χ4n) is 3.79. The minimum absolute atomic E-state index is 0.0862. The van der Waals surface area contributed by atoms with Crippen molar-refractivity contribution in [3.63, 3.8) is 0 Å². The predicted octanol–water partition coefficient (Wildman–Crippen LogP) is 4.78. The van der Waals surface area contributed by atoms with Crippen molar-refractivity contribution in [2.45, 2.75) is 44.7 Å². The van der Waals surface area contributed by atoms with Crippen molar-refractivity contribution in [2.24, 2.45) is 5.92 Å². The van der Waals surface area contributed by atoms with E-state index in [-0.39, 0.29) is 16.4 Å². The Bertz CT molecular complexity index is 1090. The fourth-order valence-corrected chi connectivity index (χ4v) is 5.18. The second-order valence-corrected chi connectivity index (χ2v) is 11.0. The SMILES string of the molecule is COc1ccc(S(=O)(=O)CN(Cc2ccc3c(c2)C=CC(C)(C)O3)CC(C)C)cc1OC. The molecule has 6 nitrogen and oxygen atoms in total. The Morgan fingerprint density at radius 2 is 1.75 bits per heavy atom. The summed E-state index contributed by atoms with van der Waals surface area (Å²) in [5, 5.41) is 0. The molecular weight excluding hydrogens is 426 g/mol. The summed E-state index contributed by atoms with van der Waals surface area (Å²) in [6.45, 7) is 9.38. The molecule has 0 atom stereocenters. The normalized spacial score (nSPS) is 14.9. The Hall–Kier alpha value is -2.51. The summed E-state index contributed by atoms with van der Waals surface area (Å²) in [5.74, 6) is 1.97. The third-order valence-electron chi connectivity index (χ3n) is 5.21. The van der Waals surface area contributed by atoms with Gasteiger partial charge >= 0.3 is 0 Å². The predicted molar refractivity (Wildman–Crippen MR) is 127 cm³/mol. The summed E-state index contributed by atoms with van der Waals surface area (Å²) >= 11 is 0. The Morgan fingerprint density at radius 1 is 1.03 bits per heavy atom. The zero-order valence-electron chi connectivity index (χ0n) is 19.7. The first-order valence-electron chi connectivity index (χ1n) is 10.7. The van der Waals surface area contributed by atoms with Crippen molar-refractivity contribution >= 4 is 15.9 Å². The number of ether oxygens (including phenoxy) is 3. The minimum Gasteiger partial charge on any atom is -0.493 e. The molecular formula is C25H33NO5S. The minimum atomic E-state index is -3.56. The van der Waals surface area contributed by atoms with Crippen LogP contribution < -0.4 is 14.2 Å². The van der Waals surface area contributed by atoms with Gasteiger partial charge in [0.15, 0.2) is 21.3 Å². The molecule has 0 amide bonds. The van der Waals surface area contributed by atoms with Gasteiger partial charge in [-0.05, 0) is 55.7 Å². The number of nitrogens with zero attached hydrogens (tertiary/aromatic N) is 1. The van der Waals surface area contributed by atoms with E-state index in [1.807, 2.05) is 37.0 Å². The summed E-state index contributed by atoms with van der Waals surface area (Å²) < 4.78 is 43.0. The average molecular weight is 460 g/mol. The van der Waals surface area contributed by atoms with Gasteiger partial charge in [-0.25, -0.2) is 8.42 Å². The summed E-state index contributed by atoms with van der Waals surface area (Å²) in [4.78, 5) is 2.18. The molecule has 0 saturated carbocycles. The van der Waals surface area contributed by atoms with E-state index >= 15 is 0 Å². The Labute approximate surface area is 191 Å². The van der Waals surface area contributed by atoms with Gasteiger partial charge in [-0.1, -0.05) is 26.0 Å². The number of benzene rings is 2. The summed E-state index contributed by atoms with van der Waals surface area (Å²) in [6, 6.07) is 10.7. The number of rotatable bonds is 9. The molecule has 1 aliphatic heterocycles. The molecule has 0 unspecified atom stereocenters. The molecule has 0 aromatic heterocycles. The zero-order chi connectivity index (χ0) is 23.5. The summed E-state index contributed by atoms with van der Waals surface area (Å²) in [6.07, 6.45) is 4.10. The first-order valence-corrected chi connectivity index (χ1v) is 12.4. The summed E-state index contributed by atoms with van der Waals surface area (Å²) in [5.41, 5.74) is 1.72. The van der Waals surface area contributed by atoms with Crippen molar-refractivity contribution in [2.75, 3.05) is 26.6 Å². The maximum absolute atomic E-state index is 13.2. The van der Waals surface area contributed by atoms with Gasteiger partial charge < -0.3 is 14.2 Å². The molecule has 1 aliphatic rings. The van der Waals surface area contributed by atoms with Crippen LogP contribution in [-0.2, 0) is 16.4 Å². The smallest absolute Gasteiger partial charge is 0.191 e. The topological polar surface area (TPSA) is 65.1 Å². The van der Waals surface area contributed by atoms with Gasteiger partial charge in [0.2, 0.25) is 0 Å². The lowest BCUT2D eigenvalue weighted by molar-refractivity contribution is 0.159. The van der Waals surface area contributed by atoms with Crippen LogP contribution in [0.2, 0.25) is 0 Å². The maximum Gasteiger partial charge on any atom is 0.191 e. The molecule has 7 heteroatoms. The van der Waals surface area contributed by atoms with Gasteiger partial charge in [-0.3, -0.25) is 4.90 Å². The lowest BCUT2D eigenvalue weighted by atomic mass is 10.0. The molecule has 0 saturated heterocycles. The maximum atomic E-state index is 13.2. The molecule has 0 bridgehead atoms. The third-order valence-corrected chi connectivity index (χ3v) is 6.88. The highest BCUT2D eigenvalue weighted by Crippen LogP contribution is 2.32. The molecule has 0 fully saturated rings. The molecule has 0 N–H and O–H groups in total. The number of hydrogen-bond acceptors (Lipinski definition) is 6. The first-order chi connectivity index (χ1) is 15.0. The molecule has 0 aliphatic carbocycles. The molecule has 2 aromatic carbocycles. The van der Waals surface area contributed by atoms with Gasteiger partial charge in [0.1, 0.15) is 17.2 Å². The first kappa shape index (κ1) is 24.1. The highest BCUT2D eigenvalue weighted by Gasteiger charge is 2.24. The van der Waals surface area contributed by atoms with Crippen LogP contribution in [0.15, 0.2) is 47.4 Å². The van der Waals surface area contributed by atoms with Crippen LogP contribution in [0, 0.1) is 5.92 Å². The highest BCUT2D eigenvalue weighted by atomic mass is 32.2. The highest BCUT2D eigenvalue weighted by molar-refractivity contribution is 7.91. The Balaban J connectivity index is 1.83. The van der Waals surface area contributed by atoms with E-state index in [2.05, 4.69) is 26.0 Å². The summed E-state index contributed by atoms with van der Waals surface area (Å²) in [7, 11) is -0.545. The van der Waals surface area contributed by atoms with Crippen molar-refractivity contribution < 1.29 is 22.6 Å². The number of fused-ring (bicyclic) bond motifs is 1. The zero-order valence-corrected chi connectivity index (χ0v) is 20.5. The van der Waals surface area contributed by atoms with Gasteiger partial charge in [0.25, 0.3) is 0 Å². The van der Waals surface area contributed by atoms with Gasteiger partial charge in [-0.15, -0.1) is 0 Å². The van der Waals surface area contributed by atoms with E-state index in [4.69, 9.17) is 14.2 Å². The molecule has 32 heavy (non-hydrogen) atoms. The van der Waals surface area contributed by atoms with Crippen molar-refractivity contribution in [3.8, 4) is 17.2 Å². The average Bonchev–Trinajstić information content (AvgIpc) is 2.72. The van der Waals surface area contributed by atoms with Crippen molar-refractivity contribution in [3.05, 3.63) is 53.6 Å². The lowest BCUT2D eigenvalue weighted by Gasteiger charge is -2.29. The van der Waals surface area contributed by atoms with Crippen LogP contribution in [0.1, 0.15) is 38.8 Å². The van der Waals surface area contributed by atoms with E-state index in [1.165, 1.54) is 20.3 Å². The molecule has 1 heterocycles. The van der Waals surface area contributed by atoms with Crippen LogP contribution in [0.3, 0.4) is 0 Å². The number of methoxy groups -OCH3 is 2. The molecule has 3 rings (SSSR count). The second-order valence-electron chi connectivity index (χ2n) is 9.08. The van der Waals surface area contributed by atoms with Crippen molar-refractivity contribution in [1.29, 1.82) is 0 Å². The van der Waals surface area contributed by atoms with Gasteiger partial charge in [0.05, 0.1) is 19.1 Å². The van der Waals surface area contributed by atoms with E-state index in [0.717, 1.165) is 16.9 Å². The standard InChI is InChI=1S/C25H33NO5S/c1-18(2)15-26(16-19-7-9-22-20(13-19)11-12-25(3,4)31-22)17-32(27,28)21-8-10-23(29-5)24(14-21)30-6/h7-14,18H,15-17H2,1-6H3. The van der Waals surface area contributed by atoms with Crippen LogP contribution in [-0.4, -0.2) is 45.6 Å². The third kappa shape index (κ3) is 5.84. The van der Waals surface area contributed by atoms with Gasteiger partial charge in [0, 0.05) is 24.7 Å². The van der Waals surface area contributed by atoms with Crippen molar-refractivity contribution in [1.82, 2.24) is 4.90 Å². The van der Waals surface area contributed by atoms with E-state index in [1.54, 1.807) is 12.1 Å². The Kier molecular flexibility index (Phi) is 7.20. The molecule has 2 aromatic rings. The molecule has 174 valence electrons. The number of hydrogen-bond donors (Lipinski definition) is 0. The van der Waals surface area contributed by atoms with E-state index < -0.39 is 9.84 Å². The van der Waals surface area contributed by atoms with E-state index in [9.17, 15) is 8.42 Å². The molecule has 0 radical (unpaired) electrons. The van der Waals surface area contributed by atoms with Crippen LogP contribution >= 0.6 is 0 Å². The van der Waals surface area contributed by atoms with E-state index in [0.29, 0.717) is 30.5 Å². The van der Waals surface area contributed by atoms with Gasteiger partial charge in [-0.2, -0.15) is 0 Å². The lowest BCUT2D eigenvalue weighted by Crippen LogP contribution is -2.33. The van der Waals surface area contributed by atoms with Crippen LogP contribution in [0.25, 0.3) is 6.08 Å². The fraction of sp³-hybridized carbons (Fsp3) is 0.440. The van der Waals surface area contributed by atoms with Crippen LogP contribution in [0.5, 0.6) is 17.2 Å². The second kappa shape index (κ2) is 9.55. The number of sulfone groups is 1. The largest absolute Gasteiger partial charge is 0.493 e. The molecule has 0 spiro atoms. The monoisotopic (exact) mass is 459 g/mol. The Morgan fingerprint density at radius 3 is 2.41 bits per heavy atom. The van der Waals surface area contributed by atoms with Crippen LogP contribution in [0.4, 0.5) is 0 Å². The quantitative estimate of drug-likeness (QED) is 0.538.